The molecule has 1 amide bonds. The van der Waals surface area contributed by atoms with E-state index >= 15 is 0 Å². The number of fused-ring (bicyclic) bond motifs is 1. The lowest BCUT2D eigenvalue weighted by Crippen LogP contribution is -2.14. The third-order valence-electron chi connectivity index (χ3n) is 4.28. The zero-order chi connectivity index (χ0) is 20.7. The Morgan fingerprint density at radius 1 is 1.14 bits per heavy atom. The molecule has 0 saturated heterocycles. The molecule has 2 aromatic carbocycles. The Kier molecular flexibility index (Phi) is 4.81. The van der Waals surface area contributed by atoms with E-state index in [9.17, 15) is 23.5 Å². The maximum absolute atomic E-state index is 14.4. The van der Waals surface area contributed by atoms with Crippen LogP contribution in [0.25, 0.3) is 20.7 Å². The molecule has 2 N–H and O–H groups in total. The van der Waals surface area contributed by atoms with Crippen LogP contribution in [0.4, 0.5) is 14.5 Å². The summed E-state index contributed by atoms with van der Waals surface area (Å²) in [7, 11) is 0. The van der Waals surface area contributed by atoms with Gasteiger partial charge in [-0.3, -0.25) is 4.79 Å². The van der Waals surface area contributed by atoms with Crippen molar-refractivity contribution in [1.82, 2.24) is 9.59 Å². The number of aromatic nitrogens is 2. The molecular formula is C19H11F2N3O3S2. The van der Waals surface area contributed by atoms with Crippen LogP contribution in [-0.4, -0.2) is 26.6 Å². The summed E-state index contributed by atoms with van der Waals surface area (Å²) in [6.07, 6.45) is 0. The molecule has 2 heterocycles. The first-order valence-electron chi connectivity index (χ1n) is 8.20. The van der Waals surface area contributed by atoms with Gasteiger partial charge >= 0.3 is 5.97 Å². The number of amides is 1. The van der Waals surface area contributed by atoms with Gasteiger partial charge in [0.25, 0.3) is 5.91 Å². The van der Waals surface area contributed by atoms with Crippen molar-refractivity contribution in [2.45, 2.75) is 6.92 Å². The van der Waals surface area contributed by atoms with Crippen molar-refractivity contribution >= 4 is 50.6 Å². The Morgan fingerprint density at radius 2 is 1.93 bits per heavy atom. The number of rotatable bonds is 4. The number of hydrogen-bond donors (Lipinski definition) is 2. The molecule has 0 bridgehead atoms. The van der Waals surface area contributed by atoms with E-state index in [0.717, 1.165) is 16.0 Å². The van der Waals surface area contributed by atoms with Gasteiger partial charge in [0.1, 0.15) is 11.1 Å². The van der Waals surface area contributed by atoms with Crippen molar-refractivity contribution in [2.75, 3.05) is 5.32 Å². The first kappa shape index (κ1) is 19.1. The number of carbonyl (C=O) groups excluding carboxylic acids is 1. The fraction of sp³-hybridized carbons (Fsp3) is 0.0526. The van der Waals surface area contributed by atoms with E-state index in [-0.39, 0.29) is 32.8 Å². The lowest BCUT2D eigenvalue weighted by Gasteiger charge is -2.08. The van der Waals surface area contributed by atoms with Crippen LogP contribution in [-0.2, 0) is 0 Å². The molecular weight excluding hydrogens is 420 g/mol. The highest BCUT2D eigenvalue weighted by atomic mass is 32.1. The molecule has 6 nitrogen and oxygen atoms in total. The standard InChI is InChI=1S/C19H11F2N3O3S2/c1-8-2-4-10(16(21)15(8)20)17-14(19(26)27)12(7-28-17)22-18(25)9-3-5-13-11(6-9)23-24-29-13/h2-7H,1H3,(H,22,25)(H,26,27). The quantitative estimate of drug-likeness (QED) is 0.477. The molecule has 0 radical (unpaired) electrons. The van der Waals surface area contributed by atoms with Gasteiger partial charge in [-0.05, 0) is 42.2 Å². The predicted molar refractivity (Wildman–Crippen MR) is 107 cm³/mol. The van der Waals surface area contributed by atoms with Gasteiger partial charge in [-0.2, -0.15) is 0 Å². The number of aryl methyl sites for hydroxylation is 1. The average Bonchev–Trinajstić information content (AvgIpc) is 3.32. The number of aromatic carboxylic acids is 1. The van der Waals surface area contributed by atoms with E-state index in [1.165, 1.54) is 42.0 Å². The molecule has 2 aromatic heterocycles. The summed E-state index contributed by atoms with van der Waals surface area (Å²) in [5.74, 6) is -4.09. The highest BCUT2D eigenvalue weighted by Crippen LogP contribution is 2.38. The number of carboxylic acid groups (broad SMARTS) is 1. The molecule has 4 aromatic rings. The minimum absolute atomic E-state index is 0.000571. The van der Waals surface area contributed by atoms with E-state index in [1.54, 1.807) is 12.1 Å². The summed E-state index contributed by atoms with van der Waals surface area (Å²) >= 11 is 2.09. The van der Waals surface area contributed by atoms with Crippen LogP contribution in [0.1, 0.15) is 26.3 Å². The van der Waals surface area contributed by atoms with Crippen LogP contribution in [0, 0.1) is 18.6 Å². The summed E-state index contributed by atoms with van der Waals surface area (Å²) in [5, 5.41) is 17.4. The Labute approximate surface area is 170 Å². The number of halogens is 2. The molecule has 0 aliphatic rings. The van der Waals surface area contributed by atoms with E-state index in [0.29, 0.717) is 5.52 Å². The van der Waals surface area contributed by atoms with Crippen molar-refractivity contribution in [3.63, 3.8) is 0 Å². The van der Waals surface area contributed by atoms with Crippen LogP contribution in [0.3, 0.4) is 0 Å². The number of carboxylic acids is 1. The summed E-state index contributed by atoms with van der Waals surface area (Å²) < 4.78 is 32.9. The Bertz CT molecular complexity index is 1280. The molecule has 29 heavy (non-hydrogen) atoms. The van der Waals surface area contributed by atoms with Gasteiger partial charge in [0.05, 0.1) is 15.3 Å². The van der Waals surface area contributed by atoms with Crippen LogP contribution < -0.4 is 5.32 Å². The molecule has 0 unspecified atom stereocenters. The average molecular weight is 431 g/mol. The Morgan fingerprint density at radius 3 is 2.69 bits per heavy atom. The predicted octanol–water partition coefficient (Wildman–Crippen LogP) is 4.96. The first-order valence-corrected chi connectivity index (χ1v) is 9.85. The number of anilines is 1. The van der Waals surface area contributed by atoms with Crippen LogP contribution in [0.15, 0.2) is 35.7 Å². The first-order chi connectivity index (χ1) is 13.9. The maximum Gasteiger partial charge on any atom is 0.339 e. The third-order valence-corrected chi connectivity index (χ3v) is 6.00. The Hall–Kier alpha value is -3.24. The van der Waals surface area contributed by atoms with Crippen molar-refractivity contribution in [3.8, 4) is 10.4 Å². The molecule has 146 valence electrons. The number of carbonyl (C=O) groups is 2. The van der Waals surface area contributed by atoms with Crippen molar-refractivity contribution < 1.29 is 23.5 Å². The molecule has 0 fully saturated rings. The molecule has 0 aliphatic heterocycles. The van der Waals surface area contributed by atoms with Crippen LogP contribution in [0.2, 0.25) is 0 Å². The summed E-state index contributed by atoms with van der Waals surface area (Å²) in [5.41, 5.74) is 0.443. The minimum atomic E-state index is -1.36. The summed E-state index contributed by atoms with van der Waals surface area (Å²) in [6, 6.07) is 7.49. The topological polar surface area (TPSA) is 92.2 Å². The monoisotopic (exact) mass is 431 g/mol. The van der Waals surface area contributed by atoms with Crippen LogP contribution in [0.5, 0.6) is 0 Å². The van der Waals surface area contributed by atoms with Gasteiger partial charge < -0.3 is 10.4 Å². The van der Waals surface area contributed by atoms with Gasteiger partial charge in [-0.15, -0.1) is 16.4 Å². The van der Waals surface area contributed by atoms with Gasteiger partial charge in [0, 0.05) is 16.5 Å². The maximum atomic E-state index is 14.4. The number of nitrogens with one attached hydrogen (secondary N) is 1. The van der Waals surface area contributed by atoms with Gasteiger partial charge in [-0.1, -0.05) is 16.6 Å². The second-order valence-corrected chi connectivity index (χ2v) is 7.79. The fourth-order valence-electron chi connectivity index (χ4n) is 2.80. The molecule has 0 spiro atoms. The SMILES string of the molecule is Cc1ccc(-c2scc(NC(=O)c3ccc4snnc4c3)c2C(=O)O)c(F)c1F. The second-order valence-electron chi connectivity index (χ2n) is 6.13. The molecule has 0 atom stereocenters. The molecule has 0 saturated carbocycles. The lowest BCUT2D eigenvalue weighted by atomic mass is 10.1. The molecule has 4 rings (SSSR count). The highest BCUT2D eigenvalue weighted by molar-refractivity contribution is 7.14. The lowest BCUT2D eigenvalue weighted by molar-refractivity contribution is 0.0699. The van der Waals surface area contributed by atoms with Gasteiger partial charge in [-0.25, -0.2) is 13.6 Å². The van der Waals surface area contributed by atoms with E-state index < -0.39 is 23.5 Å². The third kappa shape index (κ3) is 3.36. The van der Waals surface area contributed by atoms with Crippen LogP contribution >= 0.6 is 22.9 Å². The van der Waals surface area contributed by atoms with E-state index in [4.69, 9.17) is 0 Å². The Balaban J connectivity index is 1.72. The number of nitrogens with zero attached hydrogens (tertiary/aromatic N) is 2. The van der Waals surface area contributed by atoms with Crippen molar-refractivity contribution in [1.29, 1.82) is 0 Å². The van der Waals surface area contributed by atoms with Gasteiger partial charge in [0.2, 0.25) is 0 Å². The fourth-order valence-corrected chi connectivity index (χ4v) is 4.35. The smallest absolute Gasteiger partial charge is 0.339 e. The summed E-state index contributed by atoms with van der Waals surface area (Å²) in [6.45, 7) is 1.41. The van der Waals surface area contributed by atoms with Crippen molar-refractivity contribution in [3.05, 3.63) is 64.0 Å². The normalized spacial score (nSPS) is 11.0. The molecule has 0 aliphatic carbocycles. The number of benzene rings is 2. The van der Waals surface area contributed by atoms with Crippen molar-refractivity contribution in [2.24, 2.45) is 0 Å². The number of thiophene rings is 1. The zero-order valence-electron chi connectivity index (χ0n) is 14.7. The summed E-state index contributed by atoms with van der Waals surface area (Å²) in [4.78, 5) is 24.4. The minimum Gasteiger partial charge on any atom is -0.478 e. The number of hydrogen-bond acceptors (Lipinski definition) is 6. The largest absolute Gasteiger partial charge is 0.478 e. The second kappa shape index (κ2) is 7.30. The highest BCUT2D eigenvalue weighted by Gasteiger charge is 2.25. The molecule has 10 heteroatoms. The van der Waals surface area contributed by atoms with E-state index in [1.807, 2.05) is 0 Å². The zero-order valence-corrected chi connectivity index (χ0v) is 16.3. The van der Waals surface area contributed by atoms with Gasteiger partial charge in [0.15, 0.2) is 11.6 Å². The van der Waals surface area contributed by atoms with E-state index in [2.05, 4.69) is 14.9 Å².